The van der Waals surface area contributed by atoms with Gasteiger partial charge in [-0.25, -0.2) is 9.50 Å². The number of fused-ring (bicyclic) bond motifs is 1. The molecule has 3 heterocycles. The normalized spacial score (nSPS) is 12.1. The Morgan fingerprint density at radius 2 is 2.11 bits per heavy atom. The van der Waals surface area contributed by atoms with Crippen LogP contribution in [-0.4, -0.2) is 40.5 Å². The van der Waals surface area contributed by atoms with Gasteiger partial charge in [-0.05, 0) is 18.2 Å². The van der Waals surface area contributed by atoms with E-state index < -0.39 is 20.1 Å². The van der Waals surface area contributed by atoms with Gasteiger partial charge in [0.25, 0.3) is 0 Å². The van der Waals surface area contributed by atoms with Crippen molar-refractivity contribution in [3.63, 3.8) is 0 Å². The van der Waals surface area contributed by atoms with Gasteiger partial charge in [-0.15, -0.1) is 5.54 Å². The van der Waals surface area contributed by atoms with Gasteiger partial charge in [0, 0.05) is 17.3 Å². The maximum absolute atomic E-state index is 13.2. The van der Waals surface area contributed by atoms with Gasteiger partial charge in [0.2, 0.25) is 5.95 Å². The summed E-state index contributed by atoms with van der Waals surface area (Å²) in [6.07, 6.45) is 3.55. The van der Waals surface area contributed by atoms with Crippen LogP contribution in [0.15, 0.2) is 36.8 Å². The molecule has 0 aliphatic rings. The molecule has 6 nitrogen and oxygen atoms in total. The number of rotatable bonds is 4. The highest BCUT2D eigenvalue weighted by atomic mass is 28.3. The fraction of sp³-hybridized carbons (Fsp3) is 0.250. The molecule has 1 unspecified atom stereocenters. The summed E-state index contributed by atoms with van der Waals surface area (Å²) in [5.41, 5.74) is 5.30. The van der Waals surface area contributed by atoms with Crippen LogP contribution in [-0.2, 0) is 0 Å². The highest BCUT2D eigenvalue weighted by molar-refractivity contribution is 6.83. The number of aliphatic hydroxyl groups is 1. The molecular formula is C20H19FN4O2Si. The molecule has 0 aromatic carbocycles. The molecule has 0 bridgehead atoms. The molecule has 142 valence electrons. The summed E-state index contributed by atoms with van der Waals surface area (Å²) in [6.45, 7) is 6.27. The number of halogens is 1. The van der Waals surface area contributed by atoms with Crippen LogP contribution >= 0.6 is 0 Å². The second kappa shape index (κ2) is 7.81. The van der Waals surface area contributed by atoms with Crippen molar-refractivity contribution in [1.82, 2.24) is 14.6 Å². The lowest BCUT2D eigenvalue weighted by molar-refractivity contribution is 0.151. The first-order valence-electron chi connectivity index (χ1n) is 8.64. The van der Waals surface area contributed by atoms with Crippen LogP contribution in [0, 0.1) is 28.7 Å². The maximum atomic E-state index is 13.2. The number of aliphatic hydroxyl groups excluding tert-OH is 1. The van der Waals surface area contributed by atoms with E-state index in [9.17, 15) is 14.8 Å². The van der Waals surface area contributed by atoms with Gasteiger partial charge in [0.05, 0.1) is 23.5 Å². The number of nitrogens with zero attached hydrogens (tertiary/aromatic N) is 4. The van der Waals surface area contributed by atoms with Crippen molar-refractivity contribution in [3.05, 3.63) is 48.3 Å². The number of hydrogen-bond donors (Lipinski definition) is 1. The summed E-state index contributed by atoms with van der Waals surface area (Å²) in [5.74, 6) is 2.67. The van der Waals surface area contributed by atoms with Crippen molar-refractivity contribution in [2.45, 2.75) is 25.7 Å². The van der Waals surface area contributed by atoms with Crippen molar-refractivity contribution < 1.29 is 14.2 Å². The Labute approximate surface area is 163 Å². The molecule has 3 aromatic rings. The molecule has 0 saturated carbocycles. The third-order valence-corrected chi connectivity index (χ3v) is 4.66. The molecule has 1 N–H and O–H groups in total. The quantitative estimate of drug-likeness (QED) is 0.418. The predicted molar refractivity (Wildman–Crippen MR) is 106 cm³/mol. The van der Waals surface area contributed by atoms with Gasteiger partial charge in [-0.3, -0.25) is 0 Å². The minimum absolute atomic E-state index is 0.00350. The third-order valence-electron chi connectivity index (χ3n) is 3.77. The first-order valence-corrected chi connectivity index (χ1v) is 12.1. The molecule has 1 atom stereocenters. The highest BCUT2D eigenvalue weighted by Crippen LogP contribution is 2.30. The van der Waals surface area contributed by atoms with E-state index >= 15 is 0 Å². The van der Waals surface area contributed by atoms with E-state index in [4.69, 9.17) is 4.74 Å². The van der Waals surface area contributed by atoms with E-state index in [-0.39, 0.29) is 6.61 Å². The van der Waals surface area contributed by atoms with Gasteiger partial charge >= 0.3 is 0 Å². The third kappa shape index (κ3) is 4.55. The number of ether oxygens (including phenoxy) is 1. The summed E-state index contributed by atoms with van der Waals surface area (Å²) < 4.78 is 20.4. The van der Waals surface area contributed by atoms with Crippen molar-refractivity contribution in [3.8, 4) is 34.4 Å². The molecule has 0 spiro atoms. The number of nitriles is 1. The van der Waals surface area contributed by atoms with Crippen molar-refractivity contribution in [2.75, 3.05) is 6.61 Å². The van der Waals surface area contributed by atoms with E-state index in [1.54, 1.807) is 18.3 Å². The molecule has 3 rings (SSSR count). The Balaban J connectivity index is 1.95. The maximum Gasteiger partial charge on any atom is 0.212 e. The van der Waals surface area contributed by atoms with E-state index in [2.05, 4.69) is 47.3 Å². The average Bonchev–Trinajstić information content (AvgIpc) is 3.07. The number of hydrogen-bond acceptors (Lipinski definition) is 5. The lowest BCUT2D eigenvalue weighted by Crippen LogP contribution is -2.20. The van der Waals surface area contributed by atoms with Crippen molar-refractivity contribution >= 4 is 13.6 Å². The van der Waals surface area contributed by atoms with Crippen molar-refractivity contribution in [1.29, 1.82) is 5.26 Å². The topological polar surface area (TPSA) is 83.4 Å². The molecule has 3 aromatic heterocycles. The Morgan fingerprint density at radius 1 is 1.32 bits per heavy atom. The summed E-state index contributed by atoms with van der Waals surface area (Å²) in [6, 6.07) is 6.63. The Bertz CT molecular complexity index is 1100. The summed E-state index contributed by atoms with van der Waals surface area (Å²) >= 11 is 0. The zero-order chi connectivity index (χ0) is 20.3. The average molecular weight is 394 g/mol. The Kier molecular flexibility index (Phi) is 5.45. The Hall–Kier alpha value is -3.20. The van der Waals surface area contributed by atoms with Gasteiger partial charge in [-0.1, -0.05) is 25.6 Å². The predicted octanol–water partition coefficient (Wildman–Crippen LogP) is 3.03. The van der Waals surface area contributed by atoms with E-state index in [0.717, 1.165) is 0 Å². The van der Waals surface area contributed by atoms with E-state index in [0.29, 0.717) is 28.0 Å². The Morgan fingerprint density at radius 3 is 2.75 bits per heavy atom. The van der Waals surface area contributed by atoms with Crippen LogP contribution in [0.2, 0.25) is 19.6 Å². The van der Waals surface area contributed by atoms with Crippen LogP contribution in [0.4, 0.5) is 4.39 Å². The molecule has 28 heavy (non-hydrogen) atoms. The fourth-order valence-corrected chi connectivity index (χ4v) is 3.13. The summed E-state index contributed by atoms with van der Waals surface area (Å²) in [4.78, 5) is 3.68. The molecule has 0 amide bonds. The second-order valence-electron chi connectivity index (χ2n) is 7.27. The molecule has 0 aliphatic carbocycles. The minimum Gasteiger partial charge on any atom is -0.488 e. The molecule has 0 saturated heterocycles. The number of pyridine rings is 2. The van der Waals surface area contributed by atoms with Crippen molar-refractivity contribution in [2.24, 2.45) is 0 Å². The van der Waals surface area contributed by atoms with Crippen LogP contribution < -0.4 is 4.74 Å². The lowest BCUT2D eigenvalue weighted by Gasteiger charge is -2.12. The standard InChI is InChI=1S/C20H19FN4O2Si/c1-28(2,3)7-6-16(26)13-27-17-8-18(14-4-5-19(21)23-10-14)20-15(9-22)11-24-25(20)12-17/h4-5,8,10-12,16,26H,13H2,1-3H3. The zero-order valence-electron chi connectivity index (χ0n) is 15.8. The smallest absolute Gasteiger partial charge is 0.212 e. The van der Waals surface area contributed by atoms with Gasteiger partial charge in [0.15, 0.2) is 0 Å². The van der Waals surface area contributed by atoms with Gasteiger partial charge in [0.1, 0.15) is 32.6 Å². The first kappa shape index (κ1) is 19.6. The molecule has 8 heteroatoms. The largest absolute Gasteiger partial charge is 0.488 e. The summed E-state index contributed by atoms with van der Waals surface area (Å²) in [5, 5.41) is 23.6. The SMILES string of the molecule is C[Si](C)(C)C#CC(O)COc1cc(-c2ccc(F)nc2)c2c(C#N)cnn2c1. The molecule has 0 radical (unpaired) electrons. The van der Waals surface area contributed by atoms with Crippen LogP contribution in [0.25, 0.3) is 16.6 Å². The minimum atomic E-state index is -1.58. The van der Waals surface area contributed by atoms with E-state index in [1.165, 1.54) is 23.0 Å². The fourth-order valence-electron chi connectivity index (χ4n) is 2.53. The highest BCUT2D eigenvalue weighted by Gasteiger charge is 2.15. The zero-order valence-corrected chi connectivity index (χ0v) is 16.8. The summed E-state index contributed by atoms with van der Waals surface area (Å²) in [7, 11) is -1.58. The lowest BCUT2D eigenvalue weighted by atomic mass is 10.1. The van der Waals surface area contributed by atoms with Crippen LogP contribution in [0.1, 0.15) is 5.56 Å². The monoisotopic (exact) mass is 394 g/mol. The molecule has 0 aliphatic heterocycles. The van der Waals surface area contributed by atoms with Gasteiger partial charge in [-0.2, -0.15) is 14.8 Å². The van der Waals surface area contributed by atoms with Gasteiger partial charge < -0.3 is 9.84 Å². The van der Waals surface area contributed by atoms with E-state index in [1.807, 2.05) is 0 Å². The van der Waals surface area contributed by atoms with Crippen LogP contribution in [0.5, 0.6) is 5.75 Å². The first-order chi connectivity index (χ1) is 13.3. The second-order valence-corrected chi connectivity index (χ2v) is 12.0. The van der Waals surface area contributed by atoms with Crippen LogP contribution in [0.3, 0.4) is 0 Å². The molecular weight excluding hydrogens is 375 g/mol. The molecule has 0 fully saturated rings. The number of aromatic nitrogens is 3.